The van der Waals surface area contributed by atoms with Gasteiger partial charge in [0, 0.05) is 34.8 Å². The first-order valence-corrected chi connectivity index (χ1v) is 13.1. The Kier molecular flexibility index (Phi) is 6.54. The number of carbonyl (C=O) groups excluding carboxylic acids is 1. The highest BCUT2D eigenvalue weighted by atomic mass is 32.2. The molecule has 2 saturated carbocycles. The molecule has 0 N–H and O–H groups in total. The summed E-state index contributed by atoms with van der Waals surface area (Å²) in [7, 11) is 0. The summed E-state index contributed by atoms with van der Waals surface area (Å²) in [6.45, 7) is 0.753. The van der Waals surface area contributed by atoms with Crippen molar-refractivity contribution in [1.29, 1.82) is 0 Å². The van der Waals surface area contributed by atoms with Crippen molar-refractivity contribution in [3.63, 3.8) is 0 Å². The van der Waals surface area contributed by atoms with E-state index in [4.69, 9.17) is 0 Å². The number of fused-ring (bicyclic) bond motifs is 2. The van der Waals surface area contributed by atoms with Crippen LogP contribution in [0.5, 0.6) is 0 Å². The highest BCUT2D eigenvalue weighted by Gasteiger charge is 2.33. The van der Waals surface area contributed by atoms with E-state index in [9.17, 15) is 4.79 Å². The monoisotopic (exact) mass is 434 g/mol. The van der Waals surface area contributed by atoms with E-state index in [1.807, 2.05) is 11.8 Å². The molecule has 1 amide bonds. The van der Waals surface area contributed by atoms with Gasteiger partial charge in [-0.3, -0.25) is 4.79 Å². The third kappa shape index (κ3) is 4.50. The highest BCUT2D eigenvalue weighted by molar-refractivity contribution is 7.99. The van der Waals surface area contributed by atoms with Crippen molar-refractivity contribution in [2.75, 3.05) is 11.4 Å². The molecule has 31 heavy (non-hydrogen) atoms. The lowest BCUT2D eigenvalue weighted by atomic mass is 9.88. The summed E-state index contributed by atoms with van der Waals surface area (Å²) in [5.74, 6) is 0.381. The van der Waals surface area contributed by atoms with E-state index in [2.05, 4.69) is 58.3 Å². The molecule has 2 fully saturated rings. The van der Waals surface area contributed by atoms with Crippen molar-refractivity contribution in [2.24, 2.45) is 0 Å². The molecule has 1 aliphatic heterocycles. The number of carbonyl (C=O) groups is 1. The van der Waals surface area contributed by atoms with Gasteiger partial charge >= 0.3 is 0 Å². The predicted molar refractivity (Wildman–Crippen MR) is 129 cm³/mol. The van der Waals surface area contributed by atoms with Gasteiger partial charge in [0.05, 0.1) is 11.4 Å². The van der Waals surface area contributed by atoms with E-state index in [1.165, 1.54) is 85.4 Å². The Morgan fingerprint density at radius 2 is 1.26 bits per heavy atom. The minimum atomic E-state index is 0.381. The van der Waals surface area contributed by atoms with Crippen LogP contribution in [-0.4, -0.2) is 29.4 Å². The van der Waals surface area contributed by atoms with Gasteiger partial charge in [-0.2, -0.15) is 0 Å². The van der Waals surface area contributed by atoms with E-state index < -0.39 is 0 Å². The number of nitrogens with zero attached hydrogens (tertiary/aromatic N) is 2. The largest absolute Gasteiger partial charge is 0.339 e. The van der Waals surface area contributed by atoms with Crippen molar-refractivity contribution in [2.45, 2.75) is 92.5 Å². The van der Waals surface area contributed by atoms with Crippen LogP contribution in [0.15, 0.2) is 58.3 Å². The van der Waals surface area contributed by atoms with Gasteiger partial charge in [0.15, 0.2) is 0 Å². The Labute approximate surface area is 191 Å². The fourth-order valence-electron chi connectivity index (χ4n) is 5.78. The molecule has 2 aromatic carbocycles. The number of hydrogen-bond acceptors (Lipinski definition) is 3. The summed E-state index contributed by atoms with van der Waals surface area (Å²) in [6.07, 6.45) is 13.2. The summed E-state index contributed by atoms with van der Waals surface area (Å²) >= 11 is 1.84. The van der Waals surface area contributed by atoms with Crippen LogP contribution in [0.4, 0.5) is 11.4 Å². The summed E-state index contributed by atoms with van der Waals surface area (Å²) in [6, 6.07) is 18.2. The van der Waals surface area contributed by atoms with Gasteiger partial charge in [0.1, 0.15) is 0 Å². The molecule has 2 aromatic rings. The van der Waals surface area contributed by atoms with Crippen molar-refractivity contribution in [1.82, 2.24) is 4.90 Å². The van der Waals surface area contributed by atoms with Crippen LogP contribution in [0.2, 0.25) is 0 Å². The molecule has 3 nitrogen and oxygen atoms in total. The van der Waals surface area contributed by atoms with Gasteiger partial charge in [-0.25, -0.2) is 0 Å². The third-order valence-corrected chi connectivity index (χ3v) is 8.44. The maximum atomic E-state index is 13.7. The highest BCUT2D eigenvalue weighted by Crippen LogP contribution is 2.47. The standard InChI is InChI=1S/C27H34N2OS/c30-27(29(21-11-3-1-4-12-21)22-13-5-2-6-14-22)19-20-28-23-15-7-9-17-25(23)31-26-18-10-8-16-24(26)28/h7-10,15-18,21-22H,1-6,11-14,19-20H2. The zero-order valence-corrected chi connectivity index (χ0v) is 19.3. The molecule has 5 rings (SSSR count). The maximum absolute atomic E-state index is 13.7. The lowest BCUT2D eigenvalue weighted by Crippen LogP contribution is -2.49. The van der Waals surface area contributed by atoms with Gasteiger partial charge in [0.2, 0.25) is 5.91 Å². The Bertz CT molecular complexity index is 838. The zero-order valence-electron chi connectivity index (χ0n) is 18.5. The minimum absolute atomic E-state index is 0.381. The summed E-state index contributed by atoms with van der Waals surface area (Å²) < 4.78 is 0. The summed E-state index contributed by atoms with van der Waals surface area (Å²) in [4.78, 5) is 21.0. The number of anilines is 2. The predicted octanol–water partition coefficient (Wildman–Crippen LogP) is 7.17. The molecule has 0 spiro atoms. The first-order chi connectivity index (χ1) is 15.3. The molecule has 1 heterocycles. The molecule has 0 atom stereocenters. The number of benzene rings is 2. The second kappa shape index (κ2) is 9.68. The molecule has 3 aliphatic rings. The van der Waals surface area contributed by atoms with Gasteiger partial charge in [0.25, 0.3) is 0 Å². The van der Waals surface area contributed by atoms with E-state index in [0.717, 1.165) is 6.54 Å². The van der Waals surface area contributed by atoms with E-state index in [1.54, 1.807) is 0 Å². The fourth-order valence-corrected chi connectivity index (χ4v) is 6.88. The average Bonchev–Trinajstić information content (AvgIpc) is 2.83. The summed E-state index contributed by atoms with van der Waals surface area (Å²) in [5.41, 5.74) is 2.47. The van der Waals surface area contributed by atoms with Crippen molar-refractivity contribution < 1.29 is 4.79 Å². The quantitative estimate of drug-likeness (QED) is 0.498. The molecular weight excluding hydrogens is 400 g/mol. The lowest BCUT2D eigenvalue weighted by molar-refractivity contribution is -0.137. The Balaban J connectivity index is 1.36. The van der Waals surface area contributed by atoms with Crippen LogP contribution in [0.3, 0.4) is 0 Å². The van der Waals surface area contributed by atoms with Gasteiger partial charge < -0.3 is 9.80 Å². The summed E-state index contributed by atoms with van der Waals surface area (Å²) in [5, 5.41) is 0. The van der Waals surface area contributed by atoms with Crippen LogP contribution < -0.4 is 4.90 Å². The molecule has 0 radical (unpaired) electrons. The SMILES string of the molecule is O=C(CCN1c2ccccc2Sc2ccccc21)N(C1CCCCC1)C1CCCCC1. The molecule has 0 unspecified atom stereocenters. The molecule has 2 aliphatic carbocycles. The minimum Gasteiger partial charge on any atom is -0.339 e. The molecular formula is C27H34N2OS. The van der Waals surface area contributed by atoms with Gasteiger partial charge in [-0.05, 0) is 49.9 Å². The van der Waals surface area contributed by atoms with Crippen LogP contribution >= 0.6 is 11.8 Å². The van der Waals surface area contributed by atoms with Crippen LogP contribution in [0, 0.1) is 0 Å². The first-order valence-electron chi connectivity index (χ1n) is 12.3. The second-order valence-electron chi connectivity index (χ2n) is 9.32. The topological polar surface area (TPSA) is 23.6 Å². The van der Waals surface area contributed by atoms with Crippen LogP contribution in [-0.2, 0) is 4.79 Å². The number of amides is 1. The number of para-hydroxylation sites is 2. The average molecular weight is 435 g/mol. The van der Waals surface area contributed by atoms with E-state index >= 15 is 0 Å². The molecule has 0 aromatic heterocycles. The zero-order chi connectivity index (χ0) is 21.0. The lowest BCUT2D eigenvalue weighted by Gasteiger charge is -2.42. The Hall–Kier alpha value is -1.94. The van der Waals surface area contributed by atoms with Crippen molar-refractivity contribution in [3.8, 4) is 0 Å². The first kappa shape index (κ1) is 20.9. The Morgan fingerprint density at radius 1 is 0.774 bits per heavy atom. The van der Waals surface area contributed by atoms with Crippen LogP contribution in [0.25, 0.3) is 0 Å². The number of hydrogen-bond donors (Lipinski definition) is 0. The van der Waals surface area contributed by atoms with E-state index in [-0.39, 0.29) is 0 Å². The molecule has 4 heteroatoms. The third-order valence-electron chi connectivity index (χ3n) is 7.31. The van der Waals surface area contributed by atoms with E-state index in [0.29, 0.717) is 24.4 Å². The smallest absolute Gasteiger partial charge is 0.224 e. The normalized spacial score (nSPS) is 19.5. The maximum Gasteiger partial charge on any atom is 0.224 e. The fraction of sp³-hybridized carbons (Fsp3) is 0.519. The van der Waals surface area contributed by atoms with Gasteiger partial charge in [-0.15, -0.1) is 0 Å². The van der Waals surface area contributed by atoms with Crippen molar-refractivity contribution >= 4 is 29.0 Å². The molecule has 0 bridgehead atoms. The van der Waals surface area contributed by atoms with Crippen LogP contribution in [0.1, 0.15) is 70.6 Å². The molecule has 164 valence electrons. The Morgan fingerprint density at radius 3 is 1.77 bits per heavy atom. The van der Waals surface area contributed by atoms with Gasteiger partial charge in [-0.1, -0.05) is 74.6 Å². The molecule has 0 saturated heterocycles. The van der Waals surface area contributed by atoms with Crippen molar-refractivity contribution in [3.05, 3.63) is 48.5 Å². The second-order valence-corrected chi connectivity index (χ2v) is 10.4. The number of rotatable bonds is 5.